The van der Waals surface area contributed by atoms with Crippen LogP contribution in [-0.2, 0) is 0 Å². The highest BCUT2D eigenvalue weighted by Crippen LogP contribution is 2.18. The summed E-state index contributed by atoms with van der Waals surface area (Å²) in [5.41, 5.74) is 0.618. The van der Waals surface area contributed by atoms with Crippen molar-refractivity contribution < 1.29 is 4.74 Å². The summed E-state index contributed by atoms with van der Waals surface area (Å²) < 4.78 is 5.73. The number of para-hydroxylation sites is 1. The second-order valence-electron chi connectivity index (χ2n) is 5.33. The van der Waals surface area contributed by atoms with Crippen LogP contribution in [0.3, 0.4) is 0 Å². The fourth-order valence-electron chi connectivity index (χ4n) is 2.52. The summed E-state index contributed by atoms with van der Waals surface area (Å²) in [5.74, 6) is 1.55. The average molecular weight is 258 g/mol. The molecule has 0 amide bonds. The van der Waals surface area contributed by atoms with Crippen LogP contribution in [0.4, 0.5) is 0 Å². The molecule has 0 radical (unpaired) electrons. The third-order valence-corrected chi connectivity index (χ3v) is 3.78. The van der Waals surface area contributed by atoms with Gasteiger partial charge in [-0.3, -0.25) is 4.90 Å². The lowest BCUT2D eigenvalue weighted by Crippen LogP contribution is -2.29. The smallest absolute Gasteiger partial charge is 0.137 e. The van der Waals surface area contributed by atoms with Gasteiger partial charge >= 0.3 is 0 Å². The molecule has 1 heterocycles. The van der Waals surface area contributed by atoms with Gasteiger partial charge in [-0.2, -0.15) is 5.26 Å². The molecule has 0 aromatic heterocycles. The van der Waals surface area contributed by atoms with E-state index in [0.717, 1.165) is 12.5 Å². The highest BCUT2D eigenvalue weighted by Gasteiger charge is 2.13. The average Bonchev–Trinajstić information content (AvgIpc) is 2.64. The molecular formula is C16H22N2O. The van der Waals surface area contributed by atoms with E-state index < -0.39 is 0 Å². The minimum atomic E-state index is 0.618. The van der Waals surface area contributed by atoms with Crippen LogP contribution in [0.5, 0.6) is 5.75 Å². The van der Waals surface area contributed by atoms with Crippen LogP contribution in [0.2, 0.25) is 0 Å². The van der Waals surface area contributed by atoms with Crippen LogP contribution < -0.4 is 4.74 Å². The second kappa shape index (κ2) is 7.16. The molecule has 0 bridgehead atoms. The van der Waals surface area contributed by atoms with Crippen molar-refractivity contribution in [2.45, 2.75) is 26.2 Å². The van der Waals surface area contributed by atoms with Crippen molar-refractivity contribution in [1.29, 1.82) is 5.26 Å². The number of benzene rings is 1. The Morgan fingerprint density at radius 3 is 3.00 bits per heavy atom. The Hall–Kier alpha value is -1.53. The molecule has 1 unspecified atom stereocenters. The molecule has 1 aliphatic rings. The Labute approximate surface area is 115 Å². The molecule has 1 aromatic carbocycles. The maximum absolute atomic E-state index is 8.99. The summed E-state index contributed by atoms with van der Waals surface area (Å²) in [6.07, 6.45) is 3.92. The van der Waals surface area contributed by atoms with Crippen LogP contribution in [0.15, 0.2) is 24.3 Å². The van der Waals surface area contributed by atoms with Gasteiger partial charge in [-0.15, -0.1) is 0 Å². The van der Waals surface area contributed by atoms with Crippen LogP contribution >= 0.6 is 0 Å². The zero-order chi connectivity index (χ0) is 13.5. The van der Waals surface area contributed by atoms with Crippen molar-refractivity contribution in [3.05, 3.63) is 29.8 Å². The predicted molar refractivity (Wildman–Crippen MR) is 76.1 cm³/mol. The Balaban J connectivity index is 1.78. The predicted octanol–water partition coefficient (Wildman–Crippen LogP) is 3.06. The zero-order valence-electron chi connectivity index (χ0n) is 11.6. The molecule has 2 rings (SSSR count). The van der Waals surface area contributed by atoms with E-state index in [1.807, 2.05) is 18.2 Å². The van der Waals surface area contributed by atoms with Crippen molar-refractivity contribution in [3.8, 4) is 11.8 Å². The van der Waals surface area contributed by atoms with E-state index in [0.29, 0.717) is 17.9 Å². The minimum absolute atomic E-state index is 0.618. The maximum atomic E-state index is 8.99. The first-order valence-corrected chi connectivity index (χ1v) is 7.14. The van der Waals surface area contributed by atoms with Crippen LogP contribution in [0, 0.1) is 17.2 Å². The molecule has 19 heavy (non-hydrogen) atoms. The second-order valence-corrected chi connectivity index (χ2v) is 5.33. The third-order valence-electron chi connectivity index (χ3n) is 3.78. The molecule has 0 saturated carbocycles. The van der Waals surface area contributed by atoms with Crippen LogP contribution in [-0.4, -0.2) is 31.1 Å². The van der Waals surface area contributed by atoms with Gasteiger partial charge in [0.05, 0.1) is 5.56 Å². The summed E-state index contributed by atoms with van der Waals surface area (Å²) in [4.78, 5) is 2.47. The highest BCUT2D eigenvalue weighted by atomic mass is 16.5. The lowest BCUT2D eigenvalue weighted by atomic mass is 10.0. The monoisotopic (exact) mass is 258 g/mol. The molecule has 3 heteroatoms. The molecular weight excluding hydrogens is 236 g/mol. The standard InChI is InChI=1S/C16H22N2O/c1-14-5-4-9-18(10-8-14)11-12-19-16-7-3-2-6-15(16)13-17/h2-3,6-7,14H,4-5,8-12H2,1H3. The zero-order valence-corrected chi connectivity index (χ0v) is 11.6. The number of nitriles is 1. The minimum Gasteiger partial charge on any atom is -0.491 e. The Morgan fingerprint density at radius 1 is 1.32 bits per heavy atom. The third kappa shape index (κ3) is 4.25. The molecule has 1 aromatic rings. The van der Waals surface area contributed by atoms with E-state index in [1.165, 1.54) is 32.4 Å². The van der Waals surface area contributed by atoms with Gasteiger partial charge in [-0.05, 0) is 50.4 Å². The Bertz CT molecular complexity index is 439. The normalized spacial score (nSPS) is 20.5. The van der Waals surface area contributed by atoms with Crippen molar-refractivity contribution in [2.24, 2.45) is 5.92 Å². The highest BCUT2D eigenvalue weighted by molar-refractivity contribution is 5.42. The van der Waals surface area contributed by atoms with Gasteiger partial charge in [0, 0.05) is 6.54 Å². The molecule has 0 aliphatic carbocycles. The van der Waals surface area contributed by atoms with E-state index in [2.05, 4.69) is 17.9 Å². The fourth-order valence-corrected chi connectivity index (χ4v) is 2.52. The largest absolute Gasteiger partial charge is 0.491 e. The molecule has 1 aliphatic heterocycles. The summed E-state index contributed by atoms with van der Waals surface area (Å²) in [7, 11) is 0. The summed E-state index contributed by atoms with van der Waals surface area (Å²) in [5, 5.41) is 8.99. The van der Waals surface area contributed by atoms with E-state index in [-0.39, 0.29) is 0 Å². The molecule has 1 atom stereocenters. The van der Waals surface area contributed by atoms with Crippen molar-refractivity contribution in [3.63, 3.8) is 0 Å². The molecule has 3 nitrogen and oxygen atoms in total. The number of nitrogens with zero attached hydrogens (tertiary/aromatic N) is 2. The van der Waals surface area contributed by atoms with Crippen LogP contribution in [0.25, 0.3) is 0 Å². The van der Waals surface area contributed by atoms with Crippen molar-refractivity contribution >= 4 is 0 Å². The summed E-state index contributed by atoms with van der Waals surface area (Å²) in [6, 6.07) is 9.59. The van der Waals surface area contributed by atoms with Crippen LogP contribution in [0.1, 0.15) is 31.7 Å². The number of ether oxygens (including phenoxy) is 1. The molecule has 102 valence electrons. The maximum Gasteiger partial charge on any atom is 0.137 e. The lowest BCUT2D eigenvalue weighted by molar-refractivity contribution is 0.212. The van der Waals surface area contributed by atoms with E-state index in [4.69, 9.17) is 10.00 Å². The summed E-state index contributed by atoms with van der Waals surface area (Å²) >= 11 is 0. The first-order valence-electron chi connectivity index (χ1n) is 7.14. The number of hydrogen-bond acceptors (Lipinski definition) is 3. The van der Waals surface area contributed by atoms with Gasteiger partial charge in [-0.1, -0.05) is 19.1 Å². The first-order chi connectivity index (χ1) is 9.29. The first kappa shape index (κ1) is 13.9. The SMILES string of the molecule is CC1CCCN(CCOc2ccccc2C#N)CC1. The van der Waals surface area contributed by atoms with Crippen molar-refractivity contribution in [2.75, 3.05) is 26.2 Å². The molecule has 0 spiro atoms. The van der Waals surface area contributed by atoms with Crippen molar-refractivity contribution in [1.82, 2.24) is 4.90 Å². The van der Waals surface area contributed by atoms with Gasteiger partial charge in [0.25, 0.3) is 0 Å². The molecule has 1 fully saturated rings. The van der Waals surface area contributed by atoms with Gasteiger partial charge < -0.3 is 4.74 Å². The van der Waals surface area contributed by atoms with Gasteiger partial charge in [-0.25, -0.2) is 0 Å². The Morgan fingerprint density at radius 2 is 2.16 bits per heavy atom. The van der Waals surface area contributed by atoms with Gasteiger partial charge in [0.15, 0.2) is 0 Å². The lowest BCUT2D eigenvalue weighted by Gasteiger charge is -2.20. The molecule has 1 saturated heterocycles. The van der Waals surface area contributed by atoms with E-state index in [1.54, 1.807) is 6.07 Å². The Kier molecular flexibility index (Phi) is 5.23. The number of likely N-dealkylation sites (tertiary alicyclic amines) is 1. The fraction of sp³-hybridized carbons (Fsp3) is 0.562. The quantitative estimate of drug-likeness (QED) is 0.832. The topological polar surface area (TPSA) is 36.3 Å². The van der Waals surface area contributed by atoms with E-state index in [9.17, 15) is 0 Å². The summed E-state index contributed by atoms with van der Waals surface area (Å²) in [6.45, 7) is 6.29. The van der Waals surface area contributed by atoms with Gasteiger partial charge in [0.2, 0.25) is 0 Å². The van der Waals surface area contributed by atoms with E-state index >= 15 is 0 Å². The van der Waals surface area contributed by atoms with Gasteiger partial charge in [0.1, 0.15) is 18.4 Å². The number of rotatable bonds is 4. The number of hydrogen-bond donors (Lipinski definition) is 0. The molecule has 0 N–H and O–H groups in total.